The van der Waals surface area contributed by atoms with E-state index in [4.69, 9.17) is 0 Å². The van der Waals surface area contributed by atoms with E-state index in [1.165, 1.54) is 28.6 Å². The molecule has 0 atom stereocenters. The molecule has 0 unspecified atom stereocenters. The highest BCUT2D eigenvalue weighted by Crippen LogP contribution is 2.30. The third kappa shape index (κ3) is 4.53. The number of piperidine rings is 1. The molecule has 1 amide bonds. The summed E-state index contributed by atoms with van der Waals surface area (Å²) in [6.45, 7) is 0.969. The average Bonchev–Trinajstić information content (AvgIpc) is 2.68. The molecule has 2 aromatic rings. The van der Waals surface area contributed by atoms with Crippen LogP contribution in [0.3, 0.4) is 0 Å². The van der Waals surface area contributed by atoms with Crippen LogP contribution in [0.25, 0.3) is 0 Å². The number of hydrogen-bond acceptors (Lipinski definition) is 3. The van der Waals surface area contributed by atoms with Crippen LogP contribution in [0.5, 0.6) is 0 Å². The summed E-state index contributed by atoms with van der Waals surface area (Å²) in [7, 11) is -3.59. The molecule has 1 aliphatic rings. The molecule has 0 spiro atoms. The molecule has 1 heterocycles. The lowest BCUT2D eigenvalue weighted by atomic mass is 10.2. The predicted molar refractivity (Wildman–Crippen MR) is 98.4 cm³/mol. The van der Waals surface area contributed by atoms with Gasteiger partial charge < -0.3 is 5.32 Å². The molecule has 0 aliphatic carbocycles. The normalized spacial score (nSPS) is 16.0. The Morgan fingerprint density at radius 2 is 1.46 bits per heavy atom. The molecule has 1 N–H and O–H groups in total. The third-order valence-corrected chi connectivity index (χ3v) is 6.45. The number of nitrogens with one attached hydrogen (secondary N) is 1. The Kier molecular flexibility index (Phi) is 5.76. The van der Waals surface area contributed by atoms with E-state index in [9.17, 15) is 26.4 Å². The summed E-state index contributed by atoms with van der Waals surface area (Å²) in [6.07, 6.45) is -1.78. The van der Waals surface area contributed by atoms with Crippen LogP contribution >= 0.6 is 0 Å². The average molecular weight is 412 g/mol. The van der Waals surface area contributed by atoms with Crippen LogP contribution < -0.4 is 5.32 Å². The molecule has 0 radical (unpaired) electrons. The fraction of sp³-hybridized carbons (Fsp3) is 0.316. The van der Waals surface area contributed by atoms with E-state index in [1.807, 2.05) is 0 Å². The molecule has 0 bridgehead atoms. The first-order valence-electron chi connectivity index (χ1n) is 8.77. The molecule has 2 aromatic carbocycles. The first-order chi connectivity index (χ1) is 13.2. The number of alkyl halides is 3. The molecule has 1 saturated heterocycles. The number of nitrogens with zero attached hydrogens (tertiary/aromatic N) is 1. The second-order valence-electron chi connectivity index (χ2n) is 6.52. The van der Waals surface area contributed by atoms with Crippen molar-refractivity contribution in [2.45, 2.75) is 30.3 Å². The molecule has 150 valence electrons. The monoisotopic (exact) mass is 412 g/mol. The second-order valence-corrected chi connectivity index (χ2v) is 8.46. The Hall–Kier alpha value is -2.39. The summed E-state index contributed by atoms with van der Waals surface area (Å²) in [5.74, 6) is -0.540. The van der Waals surface area contributed by atoms with Gasteiger partial charge in [-0.05, 0) is 61.4 Å². The van der Waals surface area contributed by atoms with Crippen molar-refractivity contribution < 1.29 is 26.4 Å². The number of benzene rings is 2. The molecule has 3 rings (SSSR count). The minimum Gasteiger partial charge on any atom is -0.322 e. The van der Waals surface area contributed by atoms with Gasteiger partial charge in [0.25, 0.3) is 5.91 Å². The zero-order valence-electron chi connectivity index (χ0n) is 14.9. The number of sulfonamides is 1. The van der Waals surface area contributed by atoms with E-state index in [-0.39, 0.29) is 16.1 Å². The van der Waals surface area contributed by atoms with Crippen molar-refractivity contribution in [3.05, 3.63) is 59.7 Å². The van der Waals surface area contributed by atoms with Crippen molar-refractivity contribution in [3.63, 3.8) is 0 Å². The van der Waals surface area contributed by atoms with Gasteiger partial charge in [0.15, 0.2) is 0 Å². The molecule has 9 heteroatoms. The maximum absolute atomic E-state index is 12.6. The third-order valence-electron chi connectivity index (χ3n) is 4.54. The van der Waals surface area contributed by atoms with Gasteiger partial charge in [-0.25, -0.2) is 8.42 Å². The summed E-state index contributed by atoms with van der Waals surface area (Å²) in [4.78, 5) is 12.4. The Labute approximate surface area is 161 Å². The van der Waals surface area contributed by atoms with Crippen molar-refractivity contribution >= 4 is 21.6 Å². The molecular weight excluding hydrogens is 393 g/mol. The SMILES string of the molecule is O=C(Nc1ccc(C(F)(F)F)cc1)c1ccc(S(=O)(=O)N2CCCCC2)cc1. The minimum absolute atomic E-state index is 0.112. The number of carbonyl (C=O) groups excluding carboxylic acids is 1. The number of halogens is 3. The predicted octanol–water partition coefficient (Wildman–Crippen LogP) is 4.13. The lowest BCUT2D eigenvalue weighted by Crippen LogP contribution is -2.35. The van der Waals surface area contributed by atoms with Gasteiger partial charge >= 0.3 is 6.18 Å². The van der Waals surface area contributed by atoms with Crippen molar-refractivity contribution in [2.24, 2.45) is 0 Å². The van der Waals surface area contributed by atoms with Gasteiger partial charge in [0.05, 0.1) is 10.5 Å². The van der Waals surface area contributed by atoms with E-state index < -0.39 is 27.7 Å². The van der Waals surface area contributed by atoms with Crippen LogP contribution in [0, 0.1) is 0 Å². The van der Waals surface area contributed by atoms with Gasteiger partial charge in [-0.15, -0.1) is 0 Å². The van der Waals surface area contributed by atoms with Crippen LogP contribution in [0.2, 0.25) is 0 Å². The van der Waals surface area contributed by atoms with Gasteiger partial charge in [0.1, 0.15) is 0 Å². The van der Waals surface area contributed by atoms with Crippen molar-refractivity contribution in [1.82, 2.24) is 4.31 Å². The van der Waals surface area contributed by atoms with E-state index in [0.29, 0.717) is 13.1 Å². The summed E-state index contributed by atoms with van der Waals surface area (Å²) in [5.41, 5.74) is -0.390. The number of carbonyl (C=O) groups is 1. The number of anilines is 1. The number of hydrogen-bond donors (Lipinski definition) is 1. The second kappa shape index (κ2) is 7.92. The number of amides is 1. The van der Waals surface area contributed by atoms with Crippen LogP contribution in [-0.4, -0.2) is 31.7 Å². The van der Waals surface area contributed by atoms with Crippen LogP contribution in [0.15, 0.2) is 53.4 Å². The molecule has 5 nitrogen and oxygen atoms in total. The Bertz CT molecular complexity index is 934. The maximum Gasteiger partial charge on any atom is 0.416 e. The lowest BCUT2D eigenvalue weighted by Gasteiger charge is -2.25. The minimum atomic E-state index is -4.45. The fourth-order valence-electron chi connectivity index (χ4n) is 2.98. The maximum atomic E-state index is 12.6. The van der Waals surface area contributed by atoms with E-state index in [0.717, 1.165) is 43.5 Å². The van der Waals surface area contributed by atoms with E-state index in [1.54, 1.807) is 0 Å². The van der Waals surface area contributed by atoms with Crippen LogP contribution in [0.1, 0.15) is 35.2 Å². The molecular formula is C19H19F3N2O3S. The van der Waals surface area contributed by atoms with Crippen LogP contribution in [0.4, 0.5) is 18.9 Å². The standard InChI is InChI=1S/C19H19F3N2O3S/c20-19(21,22)15-6-8-16(9-7-15)23-18(25)14-4-10-17(11-5-14)28(26,27)24-12-2-1-3-13-24/h4-11H,1-3,12-13H2,(H,23,25). The summed E-state index contributed by atoms with van der Waals surface area (Å²) < 4.78 is 64.4. The fourth-order valence-corrected chi connectivity index (χ4v) is 4.50. The van der Waals surface area contributed by atoms with Crippen molar-refractivity contribution in [2.75, 3.05) is 18.4 Å². The molecule has 28 heavy (non-hydrogen) atoms. The van der Waals surface area contributed by atoms with E-state index in [2.05, 4.69) is 5.32 Å². The van der Waals surface area contributed by atoms with Gasteiger partial charge in [-0.3, -0.25) is 4.79 Å². The zero-order chi connectivity index (χ0) is 20.4. The van der Waals surface area contributed by atoms with Gasteiger partial charge in [0.2, 0.25) is 10.0 Å². The van der Waals surface area contributed by atoms with Crippen molar-refractivity contribution in [3.8, 4) is 0 Å². The van der Waals surface area contributed by atoms with Gasteiger partial charge in [-0.1, -0.05) is 6.42 Å². The highest BCUT2D eigenvalue weighted by Gasteiger charge is 2.30. The molecule has 1 fully saturated rings. The molecule has 1 aliphatic heterocycles. The largest absolute Gasteiger partial charge is 0.416 e. The first-order valence-corrected chi connectivity index (χ1v) is 10.2. The van der Waals surface area contributed by atoms with Gasteiger partial charge in [0, 0.05) is 24.3 Å². The Morgan fingerprint density at radius 1 is 0.893 bits per heavy atom. The first kappa shape index (κ1) is 20.3. The van der Waals surface area contributed by atoms with Crippen LogP contribution in [-0.2, 0) is 16.2 Å². The van der Waals surface area contributed by atoms with Crippen molar-refractivity contribution in [1.29, 1.82) is 0 Å². The zero-order valence-corrected chi connectivity index (χ0v) is 15.7. The lowest BCUT2D eigenvalue weighted by molar-refractivity contribution is -0.137. The summed E-state index contributed by atoms with van der Waals surface area (Å²) >= 11 is 0. The Morgan fingerprint density at radius 3 is 2.00 bits per heavy atom. The van der Waals surface area contributed by atoms with E-state index >= 15 is 0 Å². The Balaban J connectivity index is 1.70. The summed E-state index contributed by atoms with van der Waals surface area (Å²) in [6, 6.07) is 9.59. The highest BCUT2D eigenvalue weighted by atomic mass is 32.2. The topological polar surface area (TPSA) is 66.5 Å². The van der Waals surface area contributed by atoms with Gasteiger partial charge in [-0.2, -0.15) is 17.5 Å². The summed E-state index contributed by atoms with van der Waals surface area (Å²) in [5, 5.41) is 2.49. The molecule has 0 aromatic heterocycles. The number of rotatable bonds is 4. The smallest absolute Gasteiger partial charge is 0.322 e. The molecule has 0 saturated carbocycles. The quantitative estimate of drug-likeness (QED) is 0.821. The highest BCUT2D eigenvalue weighted by molar-refractivity contribution is 7.89.